The van der Waals surface area contributed by atoms with Crippen molar-refractivity contribution >= 4 is 12.4 Å². The van der Waals surface area contributed by atoms with Gasteiger partial charge in [0.15, 0.2) is 0 Å². The van der Waals surface area contributed by atoms with Crippen molar-refractivity contribution in [3.05, 3.63) is 34.9 Å². The molecular formula is C10H14ClF2N. The summed E-state index contributed by atoms with van der Waals surface area (Å²) in [5, 5.41) is 0. The topological polar surface area (TPSA) is 26.0 Å². The summed E-state index contributed by atoms with van der Waals surface area (Å²) in [7, 11) is 0. The number of nitrogens with two attached hydrogens (primary N) is 1. The summed E-state index contributed by atoms with van der Waals surface area (Å²) in [5.41, 5.74) is 7.11. The lowest BCUT2D eigenvalue weighted by molar-refractivity contribution is 0.150. The summed E-state index contributed by atoms with van der Waals surface area (Å²) >= 11 is 0. The van der Waals surface area contributed by atoms with Crippen molar-refractivity contribution in [1.29, 1.82) is 0 Å². The molecular weight excluding hydrogens is 208 g/mol. The number of hydrogen-bond acceptors (Lipinski definition) is 1. The van der Waals surface area contributed by atoms with Crippen LogP contribution in [0, 0.1) is 6.92 Å². The van der Waals surface area contributed by atoms with Crippen LogP contribution >= 0.6 is 12.4 Å². The maximum atomic E-state index is 12.4. The maximum Gasteiger partial charge on any atom is 0.264 e. The molecule has 0 saturated carbocycles. The lowest BCUT2D eigenvalue weighted by atomic mass is 9.98. The Morgan fingerprint density at radius 2 is 1.71 bits per heavy atom. The van der Waals surface area contributed by atoms with Gasteiger partial charge in [-0.2, -0.15) is 0 Å². The van der Waals surface area contributed by atoms with Gasteiger partial charge in [-0.3, -0.25) is 0 Å². The SMILES string of the molecule is Cc1c(C(F)F)cccc1[C@H](C)N.Cl. The summed E-state index contributed by atoms with van der Waals surface area (Å²) < 4.78 is 24.9. The van der Waals surface area contributed by atoms with Gasteiger partial charge in [0.05, 0.1) is 0 Å². The molecule has 4 heteroatoms. The van der Waals surface area contributed by atoms with E-state index in [0.29, 0.717) is 5.56 Å². The minimum absolute atomic E-state index is 0. The Morgan fingerprint density at radius 3 is 2.14 bits per heavy atom. The first-order valence-electron chi connectivity index (χ1n) is 4.17. The molecule has 80 valence electrons. The fourth-order valence-electron chi connectivity index (χ4n) is 1.40. The molecule has 0 amide bonds. The molecule has 1 aromatic rings. The van der Waals surface area contributed by atoms with Gasteiger partial charge < -0.3 is 5.73 Å². The molecule has 0 aliphatic carbocycles. The van der Waals surface area contributed by atoms with Crippen molar-refractivity contribution in [2.75, 3.05) is 0 Å². The number of rotatable bonds is 2. The van der Waals surface area contributed by atoms with Crippen molar-refractivity contribution in [3.63, 3.8) is 0 Å². The van der Waals surface area contributed by atoms with Crippen LogP contribution in [0.4, 0.5) is 8.78 Å². The summed E-state index contributed by atoms with van der Waals surface area (Å²) in [4.78, 5) is 0. The van der Waals surface area contributed by atoms with E-state index in [0.717, 1.165) is 5.56 Å². The summed E-state index contributed by atoms with van der Waals surface area (Å²) in [6, 6.07) is 4.64. The third kappa shape index (κ3) is 2.66. The second-order valence-corrected chi connectivity index (χ2v) is 3.15. The summed E-state index contributed by atoms with van der Waals surface area (Å²) in [6.45, 7) is 3.47. The second-order valence-electron chi connectivity index (χ2n) is 3.15. The molecule has 0 radical (unpaired) electrons. The molecule has 0 aromatic heterocycles. The van der Waals surface area contributed by atoms with E-state index < -0.39 is 6.43 Å². The van der Waals surface area contributed by atoms with Crippen LogP contribution in [0.1, 0.15) is 36.1 Å². The van der Waals surface area contributed by atoms with Gasteiger partial charge in [0, 0.05) is 11.6 Å². The van der Waals surface area contributed by atoms with Crippen molar-refractivity contribution in [3.8, 4) is 0 Å². The molecule has 0 saturated heterocycles. The van der Waals surface area contributed by atoms with Crippen LogP contribution in [-0.2, 0) is 0 Å². The Hall–Kier alpha value is -0.670. The molecule has 0 unspecified atom stereocenters. The van der Waals surface area contributed by atoms with Gasteiger partial charge in [0.2, 0.25) is 0 Å². The molecule has 2 N–H and O–H groups in total. The van der Waals surface area contributed by atoms with Crippen LogP contribution in [0.25, 0.3) is 0 Å². The Bertz CT molecular complexity index is 274. The molecule has 1 aromatic carbocycles. The van der Waals surface area contributed by atoms with Gasteiger partial charge in [-0.15, -0.1) is 12.4 Å². The van der Waals surface area contributed by atoms with Crippen molar-refractivity contribution in [2.45, 2.75) is 26.3 Å². The highest BCUT2D eigenvalue weighted by Crippen LogP contribution is 2.26. The minimum Gasteiger partial charge on any atom is -0.324 e. The number of benzene rings is 1. The zero-order chi connectivity index (χ0) is 10.0. The van der Waals surface area contributed by atoms with Crippen molar-refractivity contribution in [2.24, 2.45) is 5.73 Å². The van der Waals surface area contributed by atoms with Crippen LogP contribution in [0.5, 0.6) is 0 Å². The number of alkyl halides is 2. The maximum absolute atomic E-state index is 12.4. The molecule has 0 heterocycles. The third-order valence-corrected chi connectivity index (χ3v) is 2.14. The molecule has 1 rings (SSSR count). The van der Waals surface area contributed by atoms with Crippen molar-refractivity contribution < 1.29 is 8.78 Å². The lowest BCUT2D eigenvalue weighted by Gasteiger charge is -2.13. The zero-order valence-electron chi connectivity index (χ0n) is 8.13. The summed E-state index contributed by atoms with van der Waals surface area (Å²) in [5.74, 6) is 0. The highest BCUT2D eigenvalue weighted by atomic mass is 35.5. The van der Waals surface area contributed by atoms with Crippen LogP contribution in [0.2, 0.25) is 0 Å². The predicted octanol–water partition coefficient (Wildman–Crippen LogP) is 3.37. The molecule has 1 nitrogen and oxygen atoms in total. The fraction of sp³-hybridized carbons (Fsp3) is 0.400. The smallest absolute Gasteiger partial charge is 0.264 e. The highest BCUT2D eigenvalue weighted by molar-refractivity contribution is 5.85. The highest BCUT2D eigenvalue weighted by Gasteiger charge is 2.13. The predicted molar refractivity (Wildman–Crippen MR) is 56.0 cm³/mol. The lowest BCUT2D eigenvalue weighted by Crippen LogP contribution is -2.08. The van der Waals surface area contributed by atoms with E-state index in [9.17, 15) is 8.78 Å². The first kappa shape index (κ1) is 13.3. The number of halogens is 3. The van der Waals surface area contributed by atoms with Gasteiger partial charge in [-0.05, 0) is 25.0 Å². The molecule has 1 atom stereocenters. The van der Waals surface area contributed by atoms with Gasteiger partial charge in [-0.25, -0.2) is 8.78 Å². The van der Waals surface area contributed by atoms with Gasteiger partial charge in [0.1, 0.15) is 0 Å². The van der Waals surface area contributed by atoms with Crippen LogP contribution < -0.4 is 5.73 Å². The van der Waals surface area contributed by atoms with E-state index in [1.807, 2.05) is 0 Å². The van der Waals surface area contributed by atoms with Gasteiger partial charge >= 0.3 is 0 Å². The zero-order valence-corrected chi connectivity index (χ0v) is 8.94. The largest absolute Gasteiger partial charge is 0.324 e. The molecule has 0 spiro atoms. The van der Waals surface area contributed by atoms with Crippen LogP contribution in [0.3, 0.4) is 0 Å². The Morgan fingerprint density at radius 1 is 1.21 bits per heavy atom. The average molecular weight is 222 g/mol. The van der Waals surface area contributed by atoms with E-state index in [1.165, 1.54) is 6.07 Å². The molecule has 0 bridgehead atoms. The van der Waals surface area contributed by atoms with Gasteiger partial charge in [-0.1, -0.05) is 18.2 Å². The van der Waals surface area contributed by atoms with Crippen LogP contribution in [-0.4, -0.2) is 0 Å². The van der Waals surface area contributed by atoms with Gasteiger partial charge in [0.25, 0.3) is 6.43 Å². The normalized spacial score (nSPS) is 12.4. The third-order valence-electron chi connectivity index (χ3n) is 2.14. The van der Waals surface area contributed by atoms with E-state index in [4.69, 9.17) is 5.73 Å². The quantitative estimate of drug-likeness (QED) is 0.814. The Kier molecular flexibility index (Phi) is 5.02. The summed E-state index contributed by atoms with van der Waals surface area (Å²) in [6.07, 6.45) is -2.42. The molecule has 0 fully saturated rings. The molecule has 0 aliphatic rings. The Labute approximate surface area is 88.7 Å². The monoisotopic (exact) mass is 221 g/mol. The van der Waals surface area contributed by atoms with Crippen molar-refractivity contribution in [1.82, 2.24) is 0 Å². The number of hydrogen-bond donors (Lipinski definition) is 1. The first-order valence-corrected chi connectivity index (χ1v) is 4.17. The molecule has 14 heavy (non-hydrogen) atoms. The van der Waals surface area contributed by atoms with E-state index in [-0.39, 0.29) is 24.0 Å². The Balaban J connectivity index is 0.00000169. The van der Waals surface area contributed by atoms with E-state index in [2.05, 4.69) is 0 Å². The fourth-order valence-corrected chi connectivity index (χ4v) is 1.40. The standard InChI is InChI=1S/C10H13F2N.ClH/c1-6-8(7(2)13)4-3-5-9(6)10(11)12;/h3-5,7,10H,13H2,1-2H3;1H/t7-;/m0./s1. The molecule has 0 aliphatic heterocycles. The minimum atomic E-state index is -2.42. The van der Waals surface area contributed by atoms with E-state index >= 15 is 0 Å². The van der Waals surface area contributed by atoms with Crippen LogP contribution in [0.15, 0.2) is 18.2 Å². The average Bonchev–Trinajstić information content (AvgIpc) is 2.03. The second kappa shape index (κ2) is 5.27. The van der Waals surface area contributed by atoms with E-state index in [1.54, 1.807) is 26.0 Å². The first-order chi connectivity index (χ1) is 6.04.